The van der Waals surface area contributed by atoms with E-state index in [4.69, 9.17) is 9.47 Å². The fourth-order valence-corrected chi connectivity index (χ4v) is 3.98. The molecule has 3 rings (SSSR count). The Morgan fingerprint density at radius 2 is 1.77 bits per heavy atom. The number of β-amino-alcohol motifs (C(OH)–C–C–N with tert-alkyl or cyclic N) is 1. The van der Waals surface area contributed by atoms with Crippen molar-refractivity contribution in [3.63, 3.8) is 0 Å². The Kier molecular flexibility index (Phi) is 8.87. The van der Waals surface area contributed by atoms with Crippen LogP contribution < -0.4 is 10.1 Å². The number of esters is 1. The van der Waals surface area contributed by atoms with Crippen molar-refractivity contribution in [2.24, 2.45) is 0 Å². The van der Waals surface area contributed by atoms with Crippen molar-refractivity contribution in [2.75, 3.05) is 39.6 Å². The van der Waals surface area contributed by atoms with E-state index in [0.717, 1.165) is 22.5 Å². The van der Waals surface area contributed by atoms with Gasteiger partial charge in [0.1, 0.15) is 18.5 Å². The lowest BCUT2D eigenvalue weighted by Crippen LogP contribution is -2.57. The van der Waals surface area contributed by atoms with Crippen LogP contribution in [0.3, 0.4) is 0 Å². The SMILES string of the molecule is CCOC(=O)c1c(C)n(-c2ccccc2C)c2ccc(OC[C@@H](O)CNC(CO)(CO)CO)cc12. The summed E-state index contributed by atoms with van der Waals surface area (Å²) in [7, 11) is 0. The molecule has 35 heavy (non-hydrogen) atoms. The summed E-state index contributed by atoms with van der Waals surface area (Å²) < 4.78 is 13.1. The lowest BCUT2D eigenvalue weighted by molar-refractivity contribution is 0.0260. The highest BCUT2D eigenvalue weighted by atomic mass is 16.5. The highest BCUT2D eigenvalue weighted by molar-refractivity contribution is 6.07. The van der Waals surface area contributed by atoms with Gasteiger partial charge in [-0.2, -0.15) is 0 Å². The topological polar surface area (TPSA) is 133 Å². The minimum Gasteiger partial charge on any atom is -0.491 e. The molecule has 0 aliphatic carbocycles. The van der Waals surface area contributed by atoms with Crippen LogP contribution in [0.15, 0.2) is 42.5 Å². The smallest absolute Gasteiger partial charge is 0.340 e. The number of nitrogens with zero attached hydrogens (tertiary/aromatic N) is 1. The average Bonchev–Trinajstić information content (AvgIpc) is 3.15. The first-order valence-corrected chi connectivity index (χ1v) is 11.6. The van der Waals surface area contributed by atoms with Crippen molar-refractivity contribution >= 4 is 16.9 Å². The second-order valence-electron chi connectivity index (χ2n) is 8.58. The maximum Gasteiger partial charge on any atom is 0.340 e. The van der Waals surface area contributed by atoms with Crippen LogP contribution in [0.1, 0.15) is 28.5 Å². The molecule has 5 N–H and O–H groups in total. The van der Waals surface area contributed by atoms with Gasteiger partial charge in [0.2, 0.25) is 0 Å². The van der Waals surface area contributed by atoms with E-state index in [1.807, 2.05) is 48.7 Å². The molecule has 3 aromatic rings. The Hall–Kier alpha value is -2.95. The van der Waals surface area contributed by atoms with Gasteiger partial charge in [-0.25, -0.2) is 4.79 Å². The van der Waals surface area contributed by atoms with E-state index in [2.05, 4.69) is 5.32 Å². The third kappa shape index (κ3) is 5.66. The number of para-hydroxylation sites is 1. The van der Waals surface area contributed by atoms with Crippen LogP contribution in [0, 0.1) is 13.8 Å². The molecule has 190 valence electrons. The van der Waals surface area contributed by atoms with E-state index in [0.29, 0.717) is 16.7 Å². The fraction of sp³-hybridized carbons (Fsp3) is 0.423. The molecule has 0 fully saturated rings. The van der Waals surface area contributed by atoms with Gasteiger partial charge in [-0.05, 0) is 50.6 Å². The summed E-state index contributed by atoms with van der Waals surface area (Å²) in [6, 6.07) is 13.3. The van der Waals surface area contributed by atoms with E-state index in [-0.39, 0.29) is 19.8 Å². The van der Waals surface area contributed by atoms with Crippen LogP contribution in [0.5, 0.6) is 5.75 Å². The highest BCUT2D eigenvalue weighted by Crippen LogP contribution is 2.33. The molecule has 0 radical (unpaired) electrons. The fourth-order valence-electron chi connectivity index (χ4n) is 3.98. The zero-order chi connectivity index (χ0) is 25.6. The van der Waals surface area contributed by atoms with Crippen molar-refractivity contribution in [1.82, 2.24) is 9.88 Å². The van der Waals surface area contributed by atoms with Crippen molar-refractivity contribution in [3.05, 3.63) is 59.3 Å². The molecule has 2 aromatic carbocycles. The second kappa shape index (κ2) is 11.7. The van der Waals surface area contributed by atoms with Crippen LogP contribution >= 0.6 is 0 Å². The van der Waals surface area contributed by atoms with Gasteiger partial charge in [0.15, 0.2) is 0 Å². The molecule has 0 unspecified atom stereocenters. The standard InChI is InChI=1S/C26H34N2O7/c1-4-34-25(33)24-18(3)28(22-8-6-5-7-17(22)2)23-10-9-20(11-21(23)24)35-13-19(32)12-27-26(14-29,15-30)16-31/h5-11,19,27,29-32H,4,12-16H2,1-3H3/t19-/m0/s1. The minimum atomic E-state index is -1.29. The summed E-state index contributed by atoms with van der Waals surface area (Å²) in [4.78, 5) is 12.9. The summed E-state index contributed by atoms with van der Waals surface area (Å²) in [5, 5.41) is 41.9. The first-order chi connectivity index (χ1) is 16.8. The highest BCUT2D eigenvalue weighted by Gasteiger charge is 2.28. The van der Waals surface area contributed by atoms with E-state index < -0.39 is 37.4 Å². The van der Waals surface area contributed by atoms with Gasteiger partial charge in [0, 0.05) is 23.3 Å². The van der Waals surface area contributed by atoms with Crippen LogP contribution in [0.25, 0.3) is 16.6 Å². The number of aliphatic hydroxyl groups excluding tert-OH is 4. The first kappa shape index (κ1) is 26.7. The van der Waals surface area contributed by atoms with Gasteiger partial charge < -0.3 is 39.8 Å². The van der Waals surface area contributed by atoms with E-state index in [9.17, 15) is 25.2 Å². The number of carbonyl (C=O) groups is 1. The Bertz CT molecular complexity index is 1150. The molecule has 0 spiro atoms. The molecular weight excluding hydrogens is 452 g/mol. The minimum absolute atomic E-state index is 0.0131. The zero-order valence-corrected chi connectivity index (χ0v) is 20.3. The molecule has 0 amide bonds. The van der Waals surface area contributed by atoms with E-state index >= 15 is 0 Å². The van der Waals surface area contributed by atoms with Crippen LogP contribution in [0.2, 0.25) is 0 Å². The third-order valence-electron chi connectivity index (χ3n) is 6.07. The molecule has 1 heterocycles. The number of benzene rings is 2. The quantitative estimate of drug-likeness (QED) is 0.243. The molecule has 0 aliphatic heterocycles. The number of rotatable bonds is 12. The summed E-state index contributed by atoms with van der Waals surface area (Å²) in [6.07, 6.45) is -0.974. The Labute approximate surface area is 204 Å². The summed E-state index contributed by atoms with van der Waals surface area (Å²) in [5.74, 6) is 0.0406. The largest absolute Gasteiger partial charge is 0.491 e. The van der Waals surface area contributed by atoms with Crippen molar-refractivity contribution in [3.8, 4) is 11.4 Å². The van der Waals surface area contributed by atoms with Gasteiger partial charge >= 0.3 is 5.97 Å². The number of ether oxygens (including phenoxy) is 2. The van der Waals surface area contributed by atoms with Crippen molar-refractivity contribution in [2.45, 2.75) is 32.4 Å². The molecule has 0 aliphatic rings. The van der Waals surface area contributed by atoms with Crippen LogP contribution in [-0.2, 0) is 4.74 Å². The number of aryl methyl sites for hydroxylation is 1. The van der Waals surface area contributed by atoms with E-state index in [1.54, 1.807) is 19.1 Å². The summed E-state index contributed by atoms with van der Waals surface area (Å²) >= 11 is 0. The molecule has 0 saturated carbocycles. The third-order valence-corrected chi connectivity index (χ3v) is 6.07. The number of aliphatic hydroxyl groups is 4. The molecule has 1 atom stereocenters. The maximum atomic E-state index is 12.9. The maximum absolute atomic E-state index is 12.9. The number of hydrogen-bond donors (Lipinski definition) is 5. The van der Waals surface area contributed by atoms with Gasteiger partial charge in [-0.3, -0.25) is 0 Å². The lowest BCUT2D eigenvalue weighted by atomic mass is 10.0. The molecular formula is C26H34N2O7. The van der Waals surface area contributed by atoms with Gasteiger partial charge in [-0.15, -0.1) is 0 Å². The second-order valence-corrected chi connectivity index (χ2v) is 8.58. The number of fused-ring (bicyclic) bond motifs is 1. The number of aromatic nitrogens is 1. The monoisotopic (exact) mass is 486 g/mol. The predicted octanol–water partition coefficient (Wildman–Crippen LogP) is 1.47. The van der Waals surface area contributed by atoms with E-state index in [1.165, 1.54) is 0 Å². The molecule has 9 heteroatoms. The number of nitrogens with one attached hydrogen (secondary N) is 1. The van der Waals surface area contributed by atoms with Crippen LogP contribution in [-0.4, -0.2) is 82.2 Å². The van der Waals surface area contributed by atoms with Crippen molar-refractivity contribution < 1.29 is 34.7 Å². The predicted molar refractivity (Wildman–Crippen MR) is 132 cm³/mol. The lowest BCUT2D eigenvalue weighted by Gasteiger charge is -2.29. The molecule has 1 aromatic heterocycles. The van der Waals surface area contributed by atoms with Crippen LogP contribution in [0.4, 0.5) is 0 Å². The Balaban J connectivity index is 1.89. The summed E-state index contributed by atoms with van der Waals surface area (Å²) in [6.45, 7) is 4.34. The zero-order valence-electron chi connectivity index (χ0n) is 20.3. The van der Waals surface area contributed by atoms with Gasteiger partial charge in [-0.1, -0.05) is 18.2 Å². The molecule has 0 bridgehead atoms. The van der Waals surface area contributed by atoms with Gasteiger partial charge in [0.25, 0.3) is 0 Å². The van der Waals surface area contributed by atoms with Gasteiger partial charge in [0.05, 0.1) is 43.0 Å². The molecule has 0 saturated heterocycles. The number of hydrogen-bond acceptors (Lipinski definition) is 8. The number of carbonyl (C=O) groups excluding carboxylic acids is 1. The molecule has 9 nitrogen and oxygen atoms in total. The average molecular weight is 487 g/mol. The normalized spacial score (nSPS) is 12.7. The Morgan fingerprint density at radius 1 is 1.09 bits per heavy atom. The first-order valence-electron chi connectivity index (χ1n) is 11.6. The Morgan fingerprint density at radius 3 is 2.40 bits per heavy atom. The summed E-state index contributed by atoms with van der Waals surface area (Å²) in [5.41, 5.74) is 2.76. The van der Waals surface area contributed by atoms with Crippen molar-refractivity contribution in [1.29, 1.82) is 0 Å².